The highest BCUT2D eigenvalue weighted by Gasteiger charge is 2.40. The van der Waals surface area contributed by atoms with Crippen LogP contribution in [-0.4, -0.2) is 23.1 Å². The fourth-order valence-electron chi connectivity index (χ4n) is 2.04. The molecule has 1 aliphatic heterocycles. The van der Waals surface area contributed by atoms with Crippen LogP contribution in [0.1, 0.15) is 27.7 Å². The average Bonchev–Trinajstić information content (AvgIpc) is 2.55. The number of ether oxygens (including phenoxy) is 2. The molecule has 1 heterocycles. The summed E-state index contributed by atoms with van der Waals surface area (Å²) in [6, 6.07) is 0. The van der Waals surface area contributed by atoms with E-state index in [1.807, 2.05) is 20.8 Å². The van der Waals surface area contributed by atoms with Gasteiger partial charge in [0.05, 0.1) is 12.7 Å². The van der Waals surface area contributed by atoms with Crippen molar-refractivity contribution in [3.05, 3.63) is 11.3 Å². The van der Waals surface area contributed by atoms with Crippen molar-refractivity contribution >= 4 is 28.6 Å². The molecule has 1 aliphatic rings. The Hall–Kier alpha value is -0.260. The maximum atomic E-state index is 11.7. The number of methoxy groups -OCH3 is 1. The Bertz CT molecular complexity index is 307. The van der Waals surface area contributed by atoms with Gasteiger partial charge in [0.1, 0.15) is 11.9 Å². The van der Waals surface area contributed by atoms with E-state index in [1.165, 1.54) is 7.11 Å². The molecule has 16 heavy (non-hydrogen) atoms. The number of alkyl halides is 1. The SMILES string of the molecule is COC(=O)C1=C(C(C)C)O[C@H]([C@@H](C)I)[C@@H]1C. The Balaban J connectivity index is 3.04. The lowest BCUT2D eigenvalue weighted by Crippen LogP contribution is -2.26. The molecule has 0 N–H and O–H groups in total. The minimum Gasteiger partial charge on any atom is -0.492 e. The Morgan fingerprint density at radius 2 is 2.00 bits per heavy atom. The van der Waals surface area contributed by atoms with Crippen LogP contribution in [0.3, 0.4) is 0 Å². The highest BCUT2D eigenvalue weighted by molar-refractivity contribution is 14.1. The number of carbonyl (C=O) groups is 1. The lowest BCUT2D eigenvalue weighted by molar-refractivity contribution is -0.136. The first-order valence-electron chi connectivity index (χ1n) is 5.53. The minimum atomic E-state index is -0.254. The fourth-order valence-corrected chi connectivity index (χ4v) is 2.81. The molecule has 92 valence electrons. The zero-order valence-electron chi connectivity index (χ0n) is 10.4. The average molecular weight is 338 g/mol. The first kappa shape index (κ1) is 13.8. The normalized spacial score (nSPS) is 26.9. The number of hydrogen-bond acceptors (Lipinski definition) is 3. The van der Waals surface area contributed by atoms with Gasteiger partial charge in [0.25, 0.3) is 0 Å². The highest BCUT2D eigenvalue weighted by atomic mass is 127. The van der Waals surface area contributed by atoms with Crippen molar-refractivity contribution in [3.8, 4) is 0 Å². The molecule has 0 spiro atoms. The van der Waals surface area contributed by atoms with E-state index in [0.717, 1.165) is 5.76 Å². The van der Waals surface area contributed by atoms with E-state index in [1.54, 1.807) is 0 Å². The van der Waals surface area contributed by atoms with Crippen molar-refractivity contribution in [3.63, 3.8) is 0 Å². The van der Waals surface area contributed by atoms with Crippen molar-refractivity contribution in [1.82, 2.24) is 0 Å². The van der Waals surface area contributed by atoms with Crippen molar-refractivity contribution in [2.24, 2.45) is 11.8 Å². The Morgan fingerprint density at radius 1 is 1.44 bits per heavy atom. The summed E-state index contributed by atoms with van der Waals surface area (Å²) in [6.45, 7) is 8.19. The van der Waals surface area contributed by atoms with Crippen molar-refractivity contribution in [1.29, 1.82) is 0 Å². The van der Waals surface area contributed by atoms with Crippen LogP contribution in [0.2, 0.25) is 0 Å². The number of esters is 1. The molecular formula is C12H19IO3. The van der Waals surface area contributed by atoms with Gasteiger partial charge in [0, 0.05) is 15.8 Å². The third kappa shape index (κ3) is 2.52. The van der Waals surface area contributed by atoms with Gasteiger partial charge in [-0.25, -0.2) is 4.79 Å². The van der Waals surface area contributed by atoms with Crippen molar-refractivity contribution < 1.29 is 14.3 Å². The van der Waals surface area contributed by atoms with Gasteiger partial charge < -0.3 is 9.47 Å². The number of carbonyl (C=O) groups excluding carboxylic acids is 1. The van der Waals surface area contributed by atoms with Crippen LogP contribution in [0.4, 0.5) is 0 Å². The molecule has 4 heteroatoms. The largest absolute Gasteiger partial charge is 0.492 e. The molecule has 0 aliphatic carbocycles. The van der Waals surface area contributed by atoms with Crippen LogP contribution < -0.4 is 0 Å². The maximum Gasteiger partial charge on any atom is 0.337 e. The molecular weight excluding hydrogens is 319 g/mol. The van der Waals surface area contributed by atoms with Crippen molar-refractivity contribution in [2.75, 3.05) is 7.11 Å². The standard InChI is InChI=1S/C12H19IO3/c1-6(2)10-9(12(14)15-5)7(3)11(16-10)8(4)13/h6-8,11H,1-5H3/t7-,8-,11+/m1/s1. The van der Waals surface area contributed by atoms with E-state index in [0.29, 0.717) is 9.50 Å². The molecule has 3 atom stereocenters. The third-order valence-electron chi connectivity index (χ3n) is 2.86. The van der Waals surface area contributed by atoms with E-state index in [-0.39, 0.29) is 23.9 Å². The number of halogens is 1. The van der Waals surface area contributed by atoms with Crippen LogP contribution in [0.15, 0.2) is 11.3 Å². The van der Waals surface area contributed by atoms with Gasteiger partial charge in [-0.3, -0.25) is 0 Å². The lowest BCUT2D eigenvalue weighted by atomic mass is 9.93. The minimum absolute atomic E-state index is 0.0760. The summed E-state index contributed by atoms with van der Waals surface area (Å²) >= 11 is 2.33. The summed E-state index contributed by atoms with van der Waals surface area (Å²) < 4.78 is 11.1. The molecule has 0 unspecified atom stereocenters. The van der Waals surface area contributed by atoms with E-state index >= 15 is 0 Å². The first-order chi connectivity index (χ1) is 7.40. The van der Waals surface area contributed by atoms with Crippen molar-refractivity contribution in [2.45, 2.75) is 37.7 Å². The predicted octanol–water partition coefficient (Wildman–Crippen LogP) is 2.93. The summed E-state index contributed by atoms with van der Waals surface area (Å²) in [5.41, 5.74) is 0.714. The van der Waals surface area contributed by atoms with Crippen LogP contribution in [-0.2, 0) is 14.3 Å². The van der Waals surface area contributed by atoms with Gasteiger partial charge in [0.2, 0.25) is 0 Å². The summed E-state index contributed by atoms with van der Waals surface area (Å²) in [6.07, 6.45) is 0.0760. The monoisotopic (exact) mass is 338 g/mol. The molecule has 0 saturated heterocycles. The van der Waals surface area contributed by atoms with Crippen LogP contribution in [0, 0.1) is 11.8 Å². The van der Waals surface area contributed by atoms with Gasteiger partial charge in [-0.15, -0.1) is 0 Å². The zero-order valence-corrected chi connectivity index (χ0v) is 12.6. The predicted molar refractivity (Wildman–Crippen MR) is 71.4 cm³/mol. The Kier molecular flexibility index (Phi) is 4.64. The fraction of sp³-hybridized carbons (Fsp3) is 0.750. The number of hydrogen-bond donors (Lipinski definition) is 0. The number of rotatable bonds is 3. The molecule has 0 aromatic heterocycles. The van der Waals surface area contributed by atoms with E-state index in [2.05, 4.69) is 29.5 Å². The van der Waals surface area contributed by atoms with E-state index < -0.39 is 0 Å². The molecule has 0 aromatic carbocycles. The second-order valence-electron chi connectivity index (χ2n) is 4.47. The smallest absolute Gasteiger partial charge is 0.337 e. The Labute approximate surface area is 111 Å². The van der Waals surface area contributed by atoms with Gasteiger partial charge >= 0.3 is 5.97 Å². The molecule has 3 nitrogen and oxygen atoms in total. The maximum absolute atomic E-state index is 11.7. The molecule has 0 radical (unpaired) electrons. The van der Waals surface area contributed by atoms with Gasteiger partial charge in [-0.05, 0) is 6.92 Å². The molecule has 0 saturated carbocycles. The quantitative estimate of drug-likeness (QED) is 0.451. The topological polar surface area (TPSA) is 35.5 Å². The molecule has 0 aromatic rings. The van der Waals surface area contributed by atoms with Crippen LogP contribution in [0.25, 0.3) is 0 Å². The zero-order chi connectivity index (χ0) is 12.5. The van der Waals surface area contributed by atoms with E-state index in [4.69, 9.17) is 9.47 Å². The lowest BCUT2D eigenvalue weighted by Gasteiger charge is -2.20. The molecule has 0 amide bonds. The number of allylic oxidation sites excluding steroid dienone is 1. The van der Waals surface area contributed by atoms with Crippen LogP contribution >= 0.6 is 22.6 Å². The van der Waals surface area contributed by atoms with Gasteiger partial charge in [-0.1, -0.05) is 43.4 Å². The highest BCUT2D eigenvalue weighted by Crippen LogP contribution is 2.38. The molecule has 0 bridgehead atoms. The molecule has 1 rings (SSSR count). The third-order valence-corrected chi connectivity index (χ3v) is 3.57. The van der Waals surface area contributed by atoms with Gasteiger partial charge in [-0.2, -0.15) is 0 Å². The van der Waals surface area contributed by atoms with E-state index in [9.17, 15) is 4.79 Å². The summed E-state index contributed by atoms with van der Waals surface area (Å²) in [5.74, 6) is 0.872. The van der Waals surface area contributed by atoms with Crippen LogP contribution in [0.5, 0.6) is 0 Å². The second kappa shape index (κ2) is 5.38. The summed E-state index contributed by atoms with van der Waals surface area (Å²) in [4.78, 5) is 11.7. The van der Waals surface area contributed by atoms with Gasteiger partial charge in [0.15, 0.2) is 0 Å². The summed E-state index contributed by atoms with van der Waals surface area (Å²) in [7, 11) is 1.42. The Morgan fingerprint density at radius 3 is 2.38 bits per heavy atom. The molecule has 0 fully saturated rings. The second-order valence-corrected chi connectivity index (χ2v) is 6.44. The summed E-state index contributed by atoms with van der Waals surface area (Å²) in [5, 5.41) is 0. The first-order valence-corrected chi connectivity index (χ1v) is 6.77.